The number of ether oxygens (including phenoxy) is 1. The summed E-state index contributed by atoms with van der Waals surface area (Å²) in [5.41, 5.74) is 3.85. The summed E-state index contributed by atoms with van der Waals surface area (Å²) < 4.78 is 5.49. The fraction of sp³-hybridized carbons (Fsp3) is 0.423. The Balaban J connectivity index is 2.08. The van der Waals surface area contributed by atoms with Crippen LogP contribution in [-0.4, -0.2) is 36.5 Å². The van der Waals surface area contributed by atoms with Crippen LogP contribution in [0.15, 0.2) is 71.9 Å². The Morgan fingerprint density at radius 3 is 2.31 bits per heavy atom. The van der Waals surface area contributed by atoms with E-state index in [1.54, 1.807) is 7.11 Å². The van der Waals surface area contributed by atoms with E-state index in [1.165, 1.54) is 16.7 Å². The minimum atomic E-state index is 0.128. The summed E-state index contributed by atoms with van der Waals surface area (Å²) in [5.74, 6) is 1.47. The van der Waals surface area contributed by atoms with Crippen molar-refractivity contribution in [2.75, 3.05) is 13.7 Å². The van der Waals surface area contributed by atoms with Gasteiger partial charge in [-0.25, -0.2) is 0 Å². The van der Waals surface area contributed by atoms with Crippen LogP contribution in [0, 0.1) is 5.92 Å². The maximum absolute atomic E-state index is 5.49. The quantitative estimate of drug-likeness (QED) is 0.426. The average Bonchev–Trinajstić information content (AvgIpc) is 2.77. The lowest BCUT2D eigenvalue weighted by molar-refractivity contribution is 0.164. The number of hydrogen-bond donors (Lipinski definition) is 0. The third-order valence-electron chi connectivity index (χ3n) is 5.72. The molecule has 0 fully saturated rings. The second-order valence-corrected chi connectivity index (χ2v) is 8.11. The molecule has 2 aromatic carbocycles. The second kappa shape index (κ2) is 10.4. The van der Waals surface area contributed by atoms with Gasteiger partial charge in [0.2, 0.25) is 0 Å². The summed E-state index contributed by atoms with van der Waals surface area (Å²) in [6, 6.07) is 21.9. The van der Waals surface area contributed by atoms with E-state index in [-0.39, 0.29) is 6.04 Å². The smallest absolute Gasteiger partial charge is 0.135 e. The predicted molar refractivity (Wildman–Crippen MR) is 123 cm³/mol. The molecule has 0 unspecified atom stereocenters. The highest BCUT2D eigenvalue weighted by Gasteiger charge is 2.26. The standard InChI is InChI=1S/C26H34N2O/c1-5-24-17-16-23(21-12-8-6-9-13-21)18-28(24)26(22-14-10-7-11-15-22)27-25(19-29-4)20(2)3/h6-15,18,20,24-25H,5,16-17,19H2,1-4H3/t24-,25-/m1/s1. The molecule has 3 heteroatoms. The molecule has 0 spiro atoms. The van der Waals surface area contributed by atoms with Crippen LogP contribution in [0.1, 0.15) is 51.2 Å². The van der Waals surface area contributed by atoms with Gasteiger partial charge in [0.1, 0.15) is 5.84 Å². The van der Waals surface area contributed by atoms with Gasteiger partial charge >= 0.3 is 0 Å². The molecule has 0 N–H and O–H groups in total. The van der Waals surface area contributed by atoms with Crippen molar-refractivity contribution >= 4 is 11.4 Å². The lowest BCUT2D eigenvalue weighted by Crippen LogP contribution is -2.40. The van der Waals surface area contributed by atoms with Crippen LogP contribution in [-0.2, 0) is 4.74 Å². The monoisotopic (exact) mass is 390 g/mol. The number of nitrogens with zero attached hydrogens (tertiary/aromatic N) is 2. The van der Waals surface area contributed by atoms with Crippen LogP contribution in [0.2, 0.25) is 0 Å². The molecule has 1 aliphatic rings. The van der Waals surface area contributed by atoms with Crippen LogP contribution in [0.5, 0.6) is 0 Å². The van der Waals surface area contributed by atoms with Crippen molar-refractivity contribution in [3.63, 3.8) is 0 Å². The van der Waals surface area contributed by atoms with E-state index in [2.05, 4.69) is 92.5 Å². The van der Waals surface area contributed by atoms with Crippen LogP contribution in [0.25, 0.3) is 5.57 Å². The van der Waals surface area contributed by atoms with Crippen molar-refractivity contribution in [2.24, 2.45) is 10.9 Å². The molecule has 0 bridgehead atoms. The van der Waals surface area contributed by atoms with E-state index in [0.717, 1.165) is 25.1 Å². The van der Waals surface area contributed by atoms with Crippen molar-refractivity contribution in [3.8, 4) is 0 Å². The van der Waals surface area contributed by atoms with Gasteiger partial charge in [-0.1, -0.05) is 81.4 Å². The summed E-state index contributed by atoms with van der Waals surface area (Å²) in [6.07, 6.45) is 5.68. The Kier molecular flexibility index (Phi) is 7.65. The zero-order valence-electron chi connectivity index (χ0n) is 18.2. The van der Waals surface area contributed by atoms with Gasteiger partial charge in [0.05, 0.1) is 12.6 Å². The molecule has 0 saturated carbocycles. The lowest BCUT2D eigenvalue weighted by Gasteiger charge is -2.37. The number of benzene rings is 2. The molecule has 0 saturated heterocycles. The molecule has 0 radical (unpaired) electrons. The lowest BCUT2D eigenvalue weighted by atomic mass is 9.93. The second-order valence-electron chi connectivity index (χ2n) is 8.11. The van der Waals surface area contributed by atoms with E-state index in [1.807, 2.05) is 0 Å². The molecule has 1 aliphatic heterocycles. The Bertz CT molecular complexity index is 811. The van der Waals surface area contributed by atoms with Crippen molar-refractivity contribution < 1.29 is 4.74 Å². The number of amidine groups is 1. The SMILES string of the molecule is CC[C@@H]1CCC(c2ccccc2)=CN1C(=N[C@H](COC)C(C)C)c1ccccc1. The van der Waals surface area contributed by atoms with Crippen LogP contribution in [0.4, 0.5) is 0 Å². The maximum Gasteiger partial charge on any atom is 0.135 e. The van der Waals surface area contributed by atoms with Gasteiger partial charge in [-0.15, -0.1) is 0 Å². The molecule has 2 aromatic rings. The molecule has 29 heavy (non-hydrogen) atoms. The van der Waals surface area contributed by atoms with E-state index in [9.17, 15) is 0 Å². The molecule has 3 nitrogen and oxygen atoms in total. The number of allylic oxidation sites excluding steroid dienone is 1. The predicted octanol–water partition coefficient (Wildman–Crippen LogP) is 6.02. The molecule has 2 atom stereocenters. The summed E-state index contributed by atoms with van der Waals surface area (Å²) in [7, 11) is 1.76. The van der Waals surface area contributed by atoms with Crippen LogP contribution in [0.3, 0.4) is 0 Å². The van der Waals surface area contributed by atoms with E-state index < -0.39 is 0 Å². The normalized spacial score (nSPS) is 18.7. The zero-order chi connectivity index (χ0) is 20.6. The molecule has 154 valence electrons. The molecule has 3 rings (SSSR count). The van der Waals surface area contributed by atoms with E-state index in [4.69, 9.17) is 9.73 Å². The fourth-order valence-electron chi connectivity index (χ4n) is 3.89. The molecule has 0 amide bonds. The first-order valence-corrected chi connectivity index (χ1v) is 10.8. The Morgan fingerprint density at radius 2 is 1.72 bits per heavy atom. The van der Waals surface area contributed by atoms with Gasteiger partial charge in [0.25, 0.3) is 0 Å². The third kappa shape index (κ3) is 5.36. The highest BCUT2D eigenvalue weighted by molar-refractivity contribution is 6.00. The number of aliphatic imine (C=N–C) groups is 1. The highest BCUT2D eigenvalue weighted by Crippen LogP contribution is 2.31. The van der Waals surface area contributed by atoms with Crippen molar-refractivity contribution in [3.05, 3.63) is 78.0 Å². The van der Waals surface area contributed by atoms with Gasteiger partial charge in [0, 0.05) is 24.9 Å². The van der Waals surface area contributed by atoms with Gasteiger partial charge in [-0.2, -0.15) is 0 Å². The number of hydrogen-bond acceptors (Lipinski definition) is 2. The molecule has 1 heterocycles. The van der Waals surface area contributed by atoms with Crippen molar-refractivity contribution in [2.45, 2.75) is 52.1 Å². The largest absolute Gasteiger partial charge is 0.382 e. The fourth-order valence-corrected chi connectivity index (χ4v) is 3.89. The molecular formula is C26H34N2O. The van der Waals surface area contributed by atoms with Gasteiger partial charge in [0.15, 0.2) is 0 Å². The first kappa shape index (κ1) is 21.3. The zero-order valence-corrected chi connectivity index (χ0v) is 18.2. The van der Waals surface area contributed by atoms with Crippen molar-refractivity contribution in [1.82, 2.24) is 4.90 Å². The summed E-state index contributed by atoms with van der Waals surface area (Å²) >= 11 is 0. The van der Waals surface area contributed by atoms with Crippen molar-refractivity contribution in [1.29, 1.82) is 0 Å². The topological polar surface area (TPSA) is 24.8 Å². The Hall–Kier alpha value is -2.39. The van der Waals surface area contributed by atoms with Gasteiger partial charge in [-0.05, 0) is 36.3 Å². The summed E-state index contributed by atoms with van der Waals surface area (Å²) in [5, 5.41) is 0. The van der Waals surface area contributed by atoms with E-state index in [0.29, 0.717) is 18.6 Å². The minimum absolute atomic E-state index is 0.128. The summed E-state index contributed by atoms with van der Waals surface area (Å²) in [4.78, 5) is 7.68. The van der Waals surface area contributed by atoms with Gasteiger partial charge in [-0.3, -0.25) is 4.99 Å². The molecular weight excluding hydrogens is 356 g/mol. The first-order valence-electron chi connectivity index (χ1n) is 10.8. The van der Waals surface area contributed by atoms with Crippen LogP contribution < -0.4 is 0 Å². The van der Waals surface area contributed by atoms with Gasteiger partial charge < -0.3 is 9.64 Å². The Morgan fingerprint density at radius 1 is 1.07 bits per heavy atom. The minimum Gasteiger partial charge on any atom is -0.382 e. The highest BCUT2D eigenvalue weighted by atomic mass is 16.5. The maximum atomic E-state index is 5.49. The first-order chi connectivity index (χ1) is 14.1. The number of methoxy groups -OCH3 is 1. The molecule has 0 aromatic heterocycles. The average molecular weight is 391 g/mol. The Labute approximate surface area is 176 Å². The summed E-state index contributed by atoms with van der Waals surface area (Å²) in [6.45, 7) is 7.34. The van der Waals surface area contributed by atoms with E-state index >= 15 is 0 Å². The van der Waals surface area contributed by atoms with Crippen LogP contribution >= 0.6 is 0 Å². The third-order valence-corrected chi connectivity index (χ3v) is 5.72. The number of rotatable bonds is 7. The molecule has 0 aliphatic carbocycles.